The maximum Gasteiger partial charge on any atom is 0.261 e. The Kier molecular flexibility index (Phi) is 5.09. The first-order valence-electron chi connectivity index (χ1n) is 6.36. The number of aliphatic hydroxyl groups excluding tert-OH is 1. The highest BCUT2D eigenvalue weighted by atomic mass is 32.2. The van der Waals surface area contributed by atoms with Crippen molar-refractivity contribution in [2.45, 2.75) is 38.0 Å². The zero-order valence-electron chi connectivity index (χ0n) is 10.6. The van der Waals surface area contributed by atoms with Gasteiger partial charge in [0.05, 0.1) is 11.0 Å². The average Bonchev–Trinajstić information content (AvgIpc) is 2.80. The van der Waals surface area contributed by atoms with Gasteiger partial charge in [0, 0.05) is 17.2 Å². The van der Waals surface area contributed by atoms with Crippen LogP contribution >= 0.6 is 23.1 Å². The lowest BCUT2D eigenvalue weighted by molar-refractivity contribution is 0.0914. The van der Waals surface area contributed by atoms with E-state index >= 15 is 0 Å². The lowest BCUT2D eigenvalue weighted by Crippen LogP contribution is -2.31. The quantitative estimate of drug-likeness (QED) is 0.873. The van der Waals surface area contributed by atoms with E-state index in [1.807, 2.05) is 24.8 Å². The summed E-state index contributed by atoms with van der Waals surface area (Å²) in [4.78, 5) is 14.1. The van der Waals surface area contributed by atoms with Gasteiger partial charge in [-0.2, -0.15) is 11.8 Å². The number of fused-ring (bicyclic) bond motifs is 1. The molecule has 0 spiro atoms. The summed E-state index contributed by atoms with van der Waals surface area (Å²) < 4.78 is 0. The Morgan fingerprint density at radius 3 is 3.17 bits per heavy atom. The summed E-state index contributed by atoms with van der Waals surface area (Å²) in [6, 6.07) is 2.01. The molecule has 1 unspecified atom stereocenters. The molecule has 0 aliphatic carbocycles. The van der Waals surface area contributed by atoms with Crippen LogP contribution in [0.4, 0.5) is 0 Å². The second-order valence-electron chi connectivity index (χ2n) is 4.51. The first kappa shape index (κ1) is 13.9. The third kappa shape index (κ3) is 3.49. The predicted octanol–water partition coefficient (Wildman–Crippen LogP) is 2.43. The molecular weight excluding hydrogens is 266 g/mol. The fraction of sp³-hybridized carbons (Fsp3) is 0.615. The fourth-order valence-electron chi connectivity index (χ4n) is 1.99. The molecule has 1 aromatic rings. The van der Waals surface area contributed by atoms with Crippen molar-refractivity contribution in [1.82, 2.24) is 5.32 Å². The molecule has 0 bridgehead atoms. The Hall–Kier alpha value is -0.520. The van der Waals surface area contributed by atoms with Crippen molar-refractivity contribution in [3.8, 4) is 0 Å². The van der Waals surface area contributed by atoms with Crippen molar-refractivity contribution in [3.05, 3.63) is 21.4 Å². The topological polar surface area (TPSA) is 49.3 Å². The van der Waals surface area contributed by atoms with E-state index in [9.17, 15) is 9.90 Å². The lowest BCUT2D eigenvalue weighted by Gasteiger charge is -2.09. The SMILES string of the molecule is CCCC(O)CNC(=O)c1cc2c(s1)CCSC2. The van der Waals surface area contributed by atoms with Gasteiger partial charge < -0.3 is 10.4 Å². The molecule has 5 heteroatoms. The minimum atomic E-state index is -0.427. The first-order valence-corrected chi connectivity index (χ1v) is 8.33. The van der Waals surface area contributed by atoms with Crippen molar-refractivity contribution >= 4 is 29.0 Å². The number of thioether (sulfide) groups is 1. The van der Waals surface area contributed by atoms with E-state index in [2.05, 4.69) is 5.32 Å². The molecule has 0 radical (unpaired) electrons. The van der Waals surface area contributed by atoms with Crippen LogP contribution in [0.5, 0.6) is 0 Å². The molecule has 0 fully saturated rings. The van der Waals surface area contributed by atoms with E-state index in [0.29, 0.717) is 6.54 Å². The molecule has 2 rings (SSSR count). The van der Waals surface area contributed by atoms with Crippen LogP contribution in [-0.4, -0.2) is 29.4 Å². The van der Waals surface area contributed by atoms with E-state index in [4.69, 9.17) is 0 Å². The number of carbonyl (C=O) groups excluding carboxylic acids is 1. The van der Waals surface area contributed by atoms with Crippen LogP contribution in [-0.2, 0) is 12.2 Å². The minimum absolute atomic E-state index is 0.0467. The van der Waals surface area contributed by atoms with E-state index in [1.165, 1.54) is 10.4 Å². The average molecular weight is 285 g/mol. The number of amides is 1. The highest BCUT2D eigenvalue weighted by molar-refractivity contribution is 7.98. The van der Waals surface area contributed by atoms with Gasteiger partial charge in [-0.25, -0.2) is 0 Å². The normalized spacial score (nSPS) is 16.1. The molecule has 0 saturated carbocycles. The van der Waals surface area contributed by atoms with Crippen LogP contribution in [0, 0.1) is 0 Å². The van der Waals surface area contributed by atoms with Crippen LogP contribution in [0.2, 0.25) is 0 Å². The van der Waals surface area contributed by atoms with Gasteiger partial charge in [-0.05, 0) is 30.2 Å². The highest BCUT2D eigenvalue weighted by Gasteiger charge is 2.17. The van der Waals surface area contributed by atoms with Crippen LogP contribution < -0.4 is 5.32 Å². The number of rotatable bonds is 5. The Bertz CT molecular complexity index is 394. The van der Waals surface area contributed by atoms with Gasteiger partial charge in [-0.15, -0.1) is 11.3 Å². The summed E-state index contributed by atoms with van der Waals surface area (Å²) in [7, 11) is 0. The molecular formula is C13H19NO2S2. The highest BCUT2D eigenvalue weighted by Crippen LogP contribution is 2.31. The van der Waals surface area contributed by atoms with Crippen molar-refractivity contribution < 1.29 is 9.90 Å². The summed E-state index contributed by atoms with van der Waals surface area (Å²) in [5, 5.41) is 12.4. The largest absolute Gasteiger partial charge is 0.391 e. The smallest absolute Gasteiger partial charge is 0.261 e. The van der Waals surface area contributed by atoms with Crippen molar-refractivity contribution in [3.63, 3.8) is 0 Å². The van der Waals surface area contributed by atoms with Gasteiger partial charge >= 0.3 is 0 Å². The number of hydrogen-bond donors (Lipinski definition) is 2. The number of thiophene rings is 1. The van der Waals surface area contributed by atoms with Gasteiger partial charge in [0.15, 0.2) is 0 Å². The number of carbonyl (C=O) groups is 1. The summed E-state index contributed by atoms with van der Waals surface area (Å²) in [6.45, 7) is 2.38. The van der Waals surface area contributed by atoms with E-state index in [0.717, 1.165) is 35.6 Å². The maximum atomic E-state index is 12.0. The Morgan fingerprint density at radius 1 is 1.61 bits per heavy atom. The molecule has 0 saturated heterocycles. The Morgan fingerprint density at radius 2 is 2.44 bits per heavy atom. The van der Waals surface area contributed by atoms with Crippen LogP contribution in [0.3, 0.4) is 0 Å². The lowest BCUT2D eigenvalue weighted by atomic mass is 10.2. The Balaban J connectivity index is 1.90. The minimum Gasteiger partial charge on any atom is -0.391 e. The summed E-state index contributed by atoms with van der Waals surface area (Å²) in [5.41, 5.74) is 1.32. The molecule has 100 valence electrons. The summed E-state index contributed by atoms with van der Waals surface area (Å²) in [5.74, 6) is 2.14. The van der Waals surface area contributed by atoms with Crippen LogP contribution in [0.25, 0.3) is 0 Å². The van der Waals surface area contributed by atoms with Gasteiger partial charge in [-0.3, -0.25) is 4.79 Å². The number of hydrogen-bond acceptors (Lipinski definition) is 4. The molecule has 2 N–H and O–H groups in total. The van der Waals surface area contributed by atoms with Crippen molar-refractivity contribution in [2.75, 3.05) is 12.3 Å². The van der Waals surface area contributed by atoms with E-state index in [-0.39, 0.29) is 5.91 Å². The molecule has 2 heterocycles. The number of aliphatic hydroxyl groups is 1. The van der Waals surface area contributed by atoms with Crippen molar-refractivity contribution in [1.29, 1.82) is 0 Å². The van der Waals surface area contributed by atoms with Crippen LogP contribution in [0.15, 0.2) is 6.07 Å². The fourth-order valence-corrected chi connectivity index (χ4v) is 4.28. The molecule has 0 aromatic carbocycles. The molecule has 1 atom stereocenters. The molecule has 18 heavy (non-hydrogen) atoms. The Labute approximate surface area is 116 Å². The molecule has 1 aliphatic heterocycles. The first-order chi connectivity index (χ1) is 8.70. The van der Waals surface area contributed by atoms with Gasteiger partial charge in [0.1, 0.15) is 0 Å². The van der Waals surface area contributed by atoms with Gasteiger partial charge in [0.25, 0.3) is 5.91 Å². The monoisotopic (exact) mass is 285 g/mol. The second kappa shape index (κ2) is 6.59. The second-order valence-corrected chi connectivity index (χ2v) is 6.76. The zero-order chi connectivity index (χ0) is 13.0. The van der Waals surface area contributed by atoms with E-state index in [1.54, 1.807) is 11.3 Å². The van der Waals surface area contributed by atoms with Crippen LogP contribution in [0.1, 0.15) is 39.9 Å². The molecule has 1 aromatic heterocycles. The van der Waals surface area contributed by atoms with Gasteiger partial charge in [-0.1, -0.05) is 13.3 Å². The predicted molar refractivity (Wildman–Crippen MR) is 77.4 cm³/mol. The zero-order valence-corrected chi connectivity index (χ0v) is 12.2. The maximum absolute atomic E-state index is 12.0. The summed E-state index contributed by atoms with van der Waals surface area (Å²) in [6.07, 6.45) is 2.32. The summed E-state index contributed by atoms with van der Waals surface area (Å²) >= 11 is 3.52. The van der Waals surface area contributed by atoms with Gasteiger partial charge in [0.2, 0.25) is 0 Å². The third-order valence-corrected chi connectivity index (χ3v) is 5.22. The van der Waals surface area contributed by atoms with Crippen molar-refractivity contribution in [2.24, 2.45) is 0 Å². The van der Waals surface area contributed by atoms with E-state index < -0.39 is 6.10 Å². The molecule has 3 nitrogen and oxygen atoms in total. The number of nitrogens with one attached hydrogen (secondary N) is 1. The third-order valence-electron chi connectivity index (χ3n) is 2.97. The molecule has 1 amide bonds. The standard InChI is InChI=1S/C13H19NO2S2/c1-2-3-10(15)7-14-13(16)12-6-9-8-17-5-4-11(9)18-12/h6,10,15H,2-5,7-8H2,1H3,(H,14,16). The molecule has 1 aliphatic rings. The number of aryl methyl sites for hydroxylation is 1.